The number of aromatic hydroxyl groups is 1. The first-order valence-electron chi connectivity index (χ1n) is 13.6. The molecule has 2 aromatic rings. The van der Waals surface area contributed by atoms with E-state index >= 15 is 0 Å². The summed E-state index contributed by atoms with van der Waals surface area (Å²) >= 11 is 0. The third-order valence-electron chi connectivity index (χ3n) is 8.92. The van der Waals surface area contributed by atoms with Crippen LogP contribution in [0.1, 0.15) is 41.8 Å². The number of rotatable bonds is 8. The van der Waals surface area contributed by atoms with Crippen LogP contribution in [0.2, 0.25) is 0 Å². The van der Waals surface area contributed by atoms with Gasteiger partial charge in [0.2, 0.25) is 11.7 Å². The third kappa shape index (κ3) is 4.72. The molecule has 2 aliphatic rings. The number of nitrogens with two attached hydrogens (primary N) is 1. The molecular weight excluding hydrogens is 542 g/mol. The first kappa shape index (κ1) is 30.7. The normalized spacial score (nSPS) is 23.2. The molecule has 1 amide bonds. The van der Waals surface area contributed by atoms with Gasteiger partial charge in [0.1, 0.15) is 11.5 Å². The lowest BCUT2D eigenvalue weighted by Crippen LogP contribution is -2.64. The van der Waals surface area contributed by atoms with E-state index in [9.17, 15) is 39.6 Å². The summed E-state index contributed by atoms with van der Waals surface area (Å²) < 4.78 is 0. The van der Waals surface area contributed by atoms with Crippen LogP contribution in [0, 0.1) is 17.8 Å². The van der Waals surface area contributed by atoms with E-state index in [1.807, 2.05) is 4.90 Å². The number of aromatic carboxylic acids is 1. The number of hydrogen-bond acceptors (Lipinski definition) is 9. The number of phenols is 1. The van der Waals surface area contributed by atoms with Gasteiger partial charge < -0.3 is 36.0 Å². The van der Waals surface area contributed by atoms with Crippen LogP contribution in [0.3, 0.4) is 0 Å². The number of primary amides is 1. The summed E-state index contributed by atoms with van der Waals surface area (Å²) in [5.41, 5.74) is 4.62. The highest BCUT2D eigenvalue weighted by molar-refractivity contribution is 6.24. The predicted molar refractivity (Wildman–Crippen MR) is 156 cm³/mol. The van der Waals surface area contributed by atoms with E-state index in [1.165, 1.54) is 31.2 Å². The van der Waals surface area contributed by atoms with Crippen LogP contribution in [-0.2, 0) is 20.8 Å². The molecule has 4 rings (SSSR count). The van der Waals surface area contributed by atoms with Crippen molar-refractivity contribution in [3.63, 3.8) is 0 Å². The fourth-order valence-corrected chi connectivity index (χ4v) is 6.25. The first-order chi connectivity index (χ1) is 19.5. The van der Waals surface area contributed by atoms with Crippen LogP contribution >= 0.6 is 0 Å². The van der Waals surface area contributed by atoms with Crippen molar-refractivity contribution in [2.75, 3.05) is 33.1 Å². The number of carbonyl (C=O) groups excluding carboxylic acids is 3. The zero-order valence-electron chi connectivity index (χ0n) is 24.5. The van der Waals surface area contributed by atoms with Gasteiger partial charge >= 0.3 is 5.97 Å². The number of nitrogens with zero attached hydrogens (tertiary/aromatic N) is 2. The molecular formula is C31H37N3O8. The minimum absolute atomic E-state index is 0.00466. The van der Waals surface area contributed by atoms with Gasteiger partial charge in [0, 0.05) is 42.9 Å². The second kappa shape index (κ2) is 10.9. The number of carbonyl (C=O) groups is 4. The standard InChI is InChI=1S/C31H37N3O8/c1-14(29(32)39)27(37)31(42)21(15(2)33(3)4)12-18-11-20-22(34(5)6)13-19(16-7-9-17(10-8-16)30(40)41)25(35)24(20)26(36)23(18)28(31)38/h7-10,13-15,18,21,35-36,42H,11-12H2,1-6H3,(H2,32,39)(H,40,41)/t14?,15-,18-,21-,31+/m0/s1. The van der Waals surface area contributed by atoms with Gasteiger partial charge in [0.15, 0.2) is 11.4 Å². The summed E-state index contributed by atoms with van der Waals surface area (Å²) in [6, 6.07) is 7.11. The van der Waals surface area contributed by atoms with Gasteiger partial charge in [0.05, 0.1) is 17.0 Å². The molecule has 0 aromatic heterocycles. The Balaban J connectivity index is 1.97. The Kier molecular flexibility index (Phi) is 7.96. The maximum absolute atomic E-state index is 14.2. The van der Waals surface area contributed by atoms with E-state index in [-0.39, 0.29) is 40.9 Å². The van der Waals surface area contributed by atoms with E-state index in [4.69, 9.17) is 5.73 Å². The fourth-order valence-electron chi connectivity index (χ4n) is 6.25. The van der Waals surface area contributed by atoms with Gasteiger partial charge in [-0.3, -0.25) is 14.4 Å². The van der Waals surface area contributed by atoms with Gasteiger partial charge in [-0.1, -0.05) is 12.1 Å². The van der Waals surface area contributed by atoms with Crippen molar-refractivity contribution in [1.82, 2.24) is 4.90 Å². The van der Waals surface area contributed by atoms with Crippen molar-refractivity contribution in [3.05, 3.63) is 52.6 Å². The van der Waals surface area contributed by atoms with Gasteiger partial charge in [-0.15, -0.1) is 0 Å². The minimum atomic E-state index is -2.64. The summed E-state index contributed by atoms with van der Waals surface area (Å²) in [7, 11) is 7.10. The number of ketones is 2. The van der Waals surface area contributed by atoms with Crippen LogP contribution < -0.4 is 10.6 Å². The van der Waals surface area contributed by atoms with E-state index in [0.717, 1.165) is 0 Å². The molecule has 0 saturated heterocycles. The van der Waals surface area contributed by atoms with Crippen molar-refractivity contribution in [3.8, 4) is 16.9 Å². The first-order valence-corrected chi connectivity index (χ1v) is 13.6. The smallest absolute Gasteiger partial charge is 0.335 e. The van der Waals surface area contributed by atoms with Gasteiger partial charge in [0.25, 0.3) is 0 Å². The van der Waals surface area contributed by atoms with Crippen molar-refractivity contribution < 1.29 is 39.6 Å². The molecule has 224 valence electrons. The highest BCUT2D eigenvalue weighted by atomic mass is 16.4. The van der Waals surface area contributed by atoms with Crippen molar-refractivity contribution in [1.29, 1.82) is 0 Å². The van der Waals surface area contributed by atoms with Crippen LogP contribution in [0.25, 0.3) is 16.9 Å². The Morgan fingerprint density at radius 3 is 2.14 bits per heavy atom. The number of carboxylic acids is 1. The molecule has 42 heavy (non-hydrogen) atoms. The average Bonchev–Trinajstić information content (AvgIpc) is 2.93. The zero-order chi connectivity index (χ0) is 31.4. The number of anilines is 1. The lowest BCUT2D eigenvalue weighted by Gasteiger charge is -2.48. The summed E-state index contributed by atoms with van der Waals surface area (Å²) in [4.78, 5) is 54.6. The van der Waals surface area contributed by atoms with E-state index in [1.54, 1.807) is 46.1 Å². The SMILES string of the molecule is CC(C(N)=O)C(=O)[C@@]1(O)C(=O)C2=C(O)c3c(O)c(-c4ccc(C(=O)O)cc4)cc(N(C)C)c3C[C@H]2C[C@H]1[C@H](C)N(C)C. The summed E-state index contributed by atoms with van der Waals surface area (Å²) in [5.74, 6) is -7.99. The molecule has 0 bridgehead atoms. The Morgan fingerprint density at radius 2 is 1.64 bits per heavy atom. The lowest BCUT2D eigenvalue weighted by molar-refractivity contribution is -0.165. The minimum Gasteiger partial charge on any atom is -0.507 e. The quantitative estimate of drug-likeness (QED) is 0.291. The second-order valence-electron chi connectivity index (χ2n) is 11.7. The Morgan fingerprint density at radius 1 is 1.05 bits per heavy atom. The van der Waals surface area contributed by atoms with Crippen LogP contribution in [0.4, 0.5) is 5.69 Å². The molecule has 11 nitrogen and oxygen atoms in total. The lowest BCUT2D eigenvalue weighted by atomic mass is 9.59. The number of phenolic OH excluding ortho intramolecular Hbond substituents is 1. The second-order valence-corrected chi connectivity index (χ2v) is 11.7. The molecule has 2 aromatic carbocycles. The van der Waals surface area contributed by atoms with Crippen molar-refractivity contribution in [2.24, 2.45) is 23.5 Å². The number of aliphatic hydroxyl groups excluding tert-OH is 1. The van der Waals surface area contributed by atoms with E-state index in [0.29, 0.717) is 16.8 Å². The summed E-state index contributed by atoms with van der Waals surface area (Å²) in [6.45, 7) is 3.01. The highest BCUT2D eigenvalue weighted by Gasteiger charge is 2.60. The average molecular weight is 580 g/mol. The van der Waals surface area contributed by atoms with Gasteiger partial charge in [-0.2, -0.15) is 0 Å². The maximum Gasteiger partial charge on any atom is 0.335 e. The molecule has 0 radical (unpaired) electrons. The number of fused-ring (bicyclic) bond motifs is 2. The zero-order valence-corrected chi connectivity index (χ0v) is 24.5. The number of carboxylic acid groups (broad SMARTS) is 1. The molecule has 6 N–H and O–H groups in total. The topological polar surface area (TPSA) is 182 Å². The molecule has 1 saturated carbocycles. The van der Waals surface area contributed by atoms with Crippen LogP contribution in [0.15, 0.2) is 35.9 Å². The molecule has 0 aliphatic heterocycles. The maximum atomic E-state index is 14.2. The summed E-state index contributed by atoms with van der Waals surface area (Å²) in [5, 5.41) is 44.4. The number of benzene rings is 2. The van der Waals surface area contributed by atoms with Gasteiger partial charge in [-0.05, 0) is 76.0 Å². The summed E-state index contributed by atoms with van der Waals surface area (Å²) in [6.07, 6.45) is 0.371. The molecule has 11 heteroatoms. The molecule has 2 aliphatic carbocycles. The van der Waals surface area contributed by atoms with Crippen LogP contribution in [-0.4, -0.2) is 88.6 Å². The molecule has 5 atom stereocenters. The Hall–Kier alpha value is -4.22. The van der Waals surface area contributed by atoms with Crippen LogP contribution in [0.5, 0.6) is 5.75 Å². The van der Waals surface area contributed by atoms with E-state index < -0.39 is 58.6 Å². The monoisotopic (exact) mass is 579 g/mol. The number of Topliss-reactive ketones (excluding diaryl/α,β-unsaturated/α-hetero) is 2. The Bertz CT molecular complexity index is 1510. The third-order valence-corrected chi connectivity index (χ3v) is 8.92. The molecule has 0 spiro atoms. The van der Waals surface area contributed by atoms with Crippen molar-refractivity contribution in [2.45, 2.75) is 38.3 Å². The van der Waals surface area contributed by atoms with Gasteiger partial charge in [-0.25, -0.2) is 4.79 Å². The van der Waals surface area contributed by atoms with E-state index in [2.05, 4.69) is 0 Å². The molecule has 0 heterocycles. The largest absolute Gasteiger partial charge is 0.507 e. The molecule has 1 unspecified atom stereocenters. The number of aliphatic hydroxyl groups is 2. The predicted octanol–water partition coefficient (Wildman–Crippen LogP) is 2.23. The number of hydrogen-bond donors (Lipinski definition) is 5. The highest BCUT2D eigenvalue weighted by Crippen LogP contribution is 2.53. The Labute approximate surface area is 243 Å². The fraction of sp³-hybridized carbons (Fsp3) is 0.419. The number of amides is 1. The van der Waals surface area contributed by atoms with Crippen molar-refractivity contribution >= 4 is 34.9 Å². The molecule has 1 fully saturated rings.